The summed E-state index contributed by atoms with van der Waals surface area (Å²) in [5, 5.41) is 0.391. The van der Waals surface area contributed by atoms with E-state index in [0.717, 1.165) is 0 Å². The molecule has 2 aromatic heterocycles. The number of fused-ring (bicyclic) bond motifs is 1. The van der Waals surface area contributed by atoms with E-state index in [-0.39, 0.29) is 29.0 Å². The molecule has 3 N–H and O–H groups in total. The van der Waals surface area contributed by atoms with Crippen LogP contribution in [0.1, 0.15) is 55.0 Å². The topological polar surface area (TPSA) is 123 Å². The second kappa shape index (κ2) is 9.44. The summed E-state index contributed by atoms with van der Waals surface area (Å²) in [4.78, 5) is 30.4. The Hall–Kier alpha value is -2.63. The fourth-order valence-electron chi connectivity index (χ4n) is 5.01. The van der Waals surface area contributed by atoms with Crippen molar-refractivity contribution < 1.29 is 14.3 Å². The van der Waals surface area contributed by atoms with Gasteiger partial charge in [-0.15, -0.1) is 0 Å². The molecule has 3 aliphatic carbocycles. The Kier molecular flexibility index (Phi) is 6.49. The molecule has 0 aliphatic heterocycles. The summed E-state index contributed by atoms with van der Waals surface area (Å²) in [7, 11) is 3.13. The van der Waals surface area contributed by atoms with Crippen LogP contribution in [0.15, 0.2) is 35.6 Å². The van der Waals surface area contributed by atoms with Crippen molar-refractivity contribution in [2.75, 3.05) is 14.2 Å². The first-order valence-corrected chi connectivity index (χ1v) is 12.8. The maximum atomic E-state index is 12.7. The first-order valence-electron chi connectivity index (χ1n) is 11.5. The number of methoxy groups -OCH3 is 2. The van der Waals surface area contributed by atoms with Gasteiger partial charge in [-0.25, -0.2) is 19.9 Å². The molecule has 35 heavy (non-hydrogen) atoms. The third-order valence-electron chi connectivity index (χ3n) is 7.17. The highest BCUT2D eigenvalue weighted by Crippen LogP contribution is 2.89. The largest absolute Gasteiger partial charge is 0.481 e. The Morgan fingerprint density at radius 2 is 1.86 bits per heavy atom. The molecule has 2 aromatic rings. The van der Waals surface area contributed by atoms with Gasteiger partial charge in [0.15, 0.2) is 5.82 Å². The van der Waals surface area contributed by atoms with Crippen LogP contribution in [0.2, 0.25) is 5.02 Å². The maximum absolute atomic E-state index is 12.7. The van der Waals surface area contributed by atoms with Gasteiger partial charge in [0.2, 0.25) is 11.8 Å². The molecule has 0 aromatic carbocycles. The lowest BCUT2D eigenvalue weighted by molar-refractivity contribution is 0.0937. The third-order valence-corrected chi connectivity index (χ3v) is 8.29. The molecule has 2 atom stereocenters. The normalized spacial score (nSPS) is 20.7. The van der Waals surface area contributed by atoms with E-state index in [0.29, 0.717) is 33.5 Å². The number of pyridine rings is 1. The molecule has 3 aliphatic rings. The second-order valence-corrected chi connectivity index (χ2v) is 10.8. The van der Waals surface area contributed by atoms with Gasteiger partial charge in [-0.05, 0) is 50.6 Å². The average Bonchev–Trinajstić information content (AvgIpc) is 3.81. The summed E-state index contributed by atoms with van der Waals surface area (Å²) in [6.45, 7) is 2.00. The number of nitrogens with one attached hydrogen (secondary N) is 3. The Morgan fingerprint density at radius 3 is 2.46 bits per heavy atom. The summed E-state index contributed by atoms with van der Waals surface area (Å²) in [5.74, 6) is 1.01. The molecule has 186 valence electrons. The van der Waals surface area contributed by atoms with Gasteiger partial charge in [0.25, 0.3) is 5.91 Å². The van der Waals surface area contributed by atoms with Crippen molar-refractivity contribution in [2.24, 2.45) is 15.8 Å². The highest BCUT2D eigenvalue weighted by atomic mass is 35.5. The molecule has 2 spiro atoms. The summed E-state index contributed by atoms with van der Waals surface area (Å²) in [6.07, 6.45) is 7.67. The Bertz CT molecular complexity index is 1110. The highest BCUT2D eigenvalue weighted by molar-refractivity contribution is 7.98. The van der Waals surface area contributed by atoms with Gasteiger partial charge in [0, 0.05) is 36.4 Å². The van der Waals surface area contributed by atoms with Crippen LogP contribution in [-0.4, -0.2) is 52.3 Å². The molecule has 0 saturated heterocycles. The predicted octanol–water partition coefficient (Wildman–Crippen LogP) is 3.08. The molecule has 2 heterocycles. The second-order valence-electron chi connectivity index (χ2n) is 9.18. The van der Waals surface area contributed by atoms with E-state index in [1.54, 1.807) is 37.7 Å². The molecule has 0 bridgehead atoms. The monoisotopic (exact) mass is 517 g/mol. The molecular formula is C23H28ClN7O3S. The Balaban J connectivity index is 1.26. The van der Waals surface area contributed by atoms with Crippen LogP contribution in [0.4, 0.5) is 0 Å². The zero-order chi connectivity index (χ0) is 24.6. The maximum Gasteiger partial charge on any atom is 0.288 e. The smallest absolute Gasteiger partial charge is 0.288 e. The van der Waals surface area contributed by atoms with E-state index >= 15 is 0 Å². The number of hydrogen-bond donors (Lipinski definition) is 3. The van der Waals surface area contributed by atoms with Gasteiger partial charge in [-0.1, -0.05) is 17.7 Å². The van der Waals surface area contributed by atoms with Crippen LogP contribution in [0.5, 0.6) is 5.88 Å². The minimum absolute atomic E-state index is 0.0760. The number of nitrogens with zero attached hydrogens (tertiary/aromatic N) is 4. The minimum atomic E-state index is -0.390. The number of aromatic nitrogens is 3. The van der Waals surface area contributed by atoms with Crippen LogP contribution >= 0.6 is 23.5 Å². The van der Waals surface area contributed by atoms with Crippen molar-refractivity contribution in [1.82, 2.24) is 30.5 Å². The lowest BCUT2D eigenvalue weighted by Gasteiger charge is -2.22. The lowest BCUT2D eigenvalue weighted by Crippen LogP contribution is -2.47. The number of hydrogen-bond acceptors (Lipinski definition) is 8. The quantitative estimate of drug-likeness (QED) is 0.210. The number of carbonyl (C=O) groups excluding carboxylic acids is 1. The van der Waals surface area contributed by atoms with Gasteiger partial charge in [0.05, 0.1) is 23.4 Å². The Morgan fingerprint density at radius 1 is 1.17 bits per heavy atom. The summed E-state index contributed by atoms with van der Waals surface area (Å²) in [5.41, 5.74) is 6.66. The number of ether oxygens (including phenoxy) is 2. The van der Waals surface area contributed by atoms with E-state index in [1.807, 2.05) is 6.92 Å². The minimum Gasteiger partial charge on any atom is -0.481 e. The van der Waals surface area contributed by atoms with E-state index in [9.17, 15) is 4.79 Å². The zero-order valence-corrected chi connectivity index (χ0v) is 21.3. The lowest BCUT2D eigenvalue weighted by atomic mass is 10.2. The van der Waals surface area contributed by atoms with E-state index in [1.165, 1.54) is 44.7 Å². The number of halogens is 1. The predicted molar refractivity (Wildman–Crippen MR) is 133 cm³/mol. The number of guanidine groups is 1. The van der Waals surface area contributed by atoms with Crippen molar-refractivity contribution in [3.05, 3.63) is 47.1 Å². The summed E-state index contributed by atoms with van der Waals surface area (Å²) >= 11 is 7.33. The molecule has 3 fully saturated rings. The van der Waals surface area contributed by atoms with Crippen molar-refractivity contribution in [3.8, 4) is 5.88 Å². The van der Waals surface area contributed by atoms with Gasteiger partial charge in [-0.2, -0.15) is 0 Å². The summed E-state index contributed by atoms with van der Waals surface area (Å²) < 4.78 is 14.0. The zero-order valence-electron chi connectivity index (χ0n) is 19.7. The molecule has 0 radical (unpaired) electrons. The third kappa shape index (κ3) is 4.64. The van der Waals surface area contributed by atoms with E-state index in [2.05, 4.69) is 30.5 Å². The number of aliphatic imine (C=N–C) groups is 1. The molecule has 10 nitrogen and oxygen atoms in total. The van der Waals surface area contributed by atoms with E-state index in [4.69, 9.17) is 26.1 Å². The molecule has 5 rings (SSSR count). The Labute approximate surface area is 213 Å². The van der Waals surface area contributed by atoms with Crippen molar-refractivity contribution in [1.29, 1.82) is 0 Å². The molecule has 12 heteroatoms. The van der Waals surface area contributed by atoms with Gasteiger partial charge < -0.3 is 9.47 Å². The fraction of sp³-hybridized carbons (Fsp3) is 0.522. The number of amides is 1. The van der Waals surface area contributed by atoms with Crippen LogP contribution in [-0.2, 0) is 4.74 Å². The van der Waals surface area contributed by atoms with Crippen molar-refractivity contribution in [3.63, 3.8) is 0 Å². The highest BCUT2D eigenvalue weighted by Gasteiger charge is 2.87. The van der Waals surface area contributed by atoms with Gasteiger partial charge in [0.1, 0.15) is 11.8 Å². The van der Waals surface area contributed by atoms with Crippen LogP contribution in [0.25, 0.3) is 0 Å². The first-order chi connectivity index (χ1) is 16.9. The number of carbonyl (C=O) groups is 1. The molecular weight excluding hydrogens is 490 g/mol. The summed E-state index contributed by atoms with van der Waals surface area (Å²) in [6, 6.07) is 5.30. The first kappa shape index (κ1) is 24.1. The molecule has 3 saturated carbocycles. The molecule has 1 amide bonds. The standard InChI is InChI=1S/C23H28ClN7O3S/c1-13(17(34-3)18-25-11-14(24)12-26-18)35-31-21(28-20-22(7-8-22)23(20)9-10-23)30-29-19(32)15-5-4-6-16(27-15)33-2/h4-6,11-13,17,20H,7-10H2,1-3H3,(H,29,32)(H2,28,30,31). The van der Waals surface area contributed by atoms with Crippen molar-refractivity contribution >= 4 is 35.4 Å². The number of hydrazine groups is 1. The average molecular weight is 518 g/mol. The van der Waals surface area contributed by atoms with E-state index < -0.39 is 0 Å². The van der Waals surface area contributed by atoms with Crippen LogP contribution < -0.4 is 20.3 Å². The number of rotatable bonds is 8. The van der Waals surface area contributed by atoms with Crippen LogP contribution in [0.3, 0.4) is 0 Å². The van der Waals surface area contributed by atoms with Gasteiger partial charge in [-0.3, -0.25) is 20.4 Å². The fourth-order valence-corrected chi connectivity index (χ4v) is 5.86. The molecule has 2 unspecified atom stereocenters. The van der Waals surface area contributed by atoms with Crippen molar-refractivity contribution in [2.45, 2.75) is 50.0 Å². The van der Waals surface area contributed by atoms with Gasteiger partial charge >= 0.3 is 0 Å². The van der Waals surface area contributed by atoms with Crippen LogP contribution in [0, 0.1) is 10.8 Å². The SMILES string of the molecule is COc1cccc(C(=O)NNC(=NC2C3(CC3)C23CC3)NSC(C)C(OC)c2ncc(Cl)cn2)n1.